The molecule has 6 atom stereocenters. The Morgan fingerprint density at radius 1 is 0.910 bits per heavy atom. The lowest BCUT2D eigenvalue weighted by atomic mass is 9.87. The number of aryl methyl sites for hydroxylation is 1. The van der Waals surface area contributed by atoms with Crippen LogP contribution in [0.4, 0.5) is 0 Å². The van der Waals surface area contributed by atoms with Crippen LogP contribution in [0, 0.1) is 6.92 Å². The molecule has 0 fully saturated rings. The van der Waals surface area contributed by atoms with Crippen molar-refractivity contribution in [1.29, 1.82) is 0 Å². The van der Waals surface area contributed by atoms with Gasteiger partial charge in [-0.05, 0) is 73.2 Å². The summed E-state index contributed by atoms with van der Waals surface area (Å²) in [5, 5.41) is 50.4. The van der Waals surface area contributed by atoms with Gasteiger partial charge in [0.2, 0.25) is 17.7 Å². The number of nitrogens with one attached hydrogen (secondary N) is 3. The number of aromatic nitrogens is 2. The van der Waals surface area contributed by atoms with Gasteiger partial charge >= 0.3 is 5.97 Å². The van der Waals surface area contributed by atoms with E-state index in [1.165, 1.54) is 50.5 Å². The molecule has 20 nitrogen and oxygen atoms in total. The Hall–Kier alpha value is -6.71. The molecule has 0 saturated heterocycles. The summed E-state index contributed by atoms with van der Waals surface area (Å²) < 4.78 is 11.8. The zero-order valence-electron chi connectivity index (χ0n) is 38.4. The van der Waals surface area contributed by atoms with Crippen molar-refractivity contribution in [3.63, 3.8) is 0 Å². The molecule has 67 heavy (non-hydrogen) atoms. The molecular formula is C47H61N9O11. The maximum absolute atomic E-state index is 14.7. The summed E-state index contributed by atoms with van der Waals surface area (Å²) in [5.41, 5.74) is 19.9. The lowest BCUT2D eigenvalue weighted by Crippen LogP contribution is -2.55. The number of hydrogen-bond donors (Lipinski definition) is 10. The second-order valence-electron chi connectivity index (χ2n) is 17.5. The van der Waals surface area contributed by atoms with Crippen molar-refractivity contribution in [3.05, 3.63) is 88.7 Å². The molecule has 1 aromatic heterocycles. The van der Waals surface area contributed by atoms with Gasteiger partial charge in [0.15, 0.2) is 17.3 Å². The first kappa shape index (κ1) is 51.3. The van der Waals surface area contributed by atoms with Gasteiger partial charge in [-0.1, -0.05) is 51.1 Å². The number of nitrogens with zero attached hydrogens (tertiary/aromatic N) is 3. The van der Waals surface area contributed by atoms with E-state index >= 15 is 0 Å². The molecule has 0 aliphatic carbocycles. The minimum Gasteiger partial charge on any atom is -0.504 e. The third kappa shape index (κ3) is 12.6. The minimum absolute atomic E-state index is 0.0120. The van der Waals surface area contributed by atoms with Crippen LogP contribution in [-0.4, -0.2) is 135 Å². The van der Waals surface area contributed by atoms with Gasteiger partial charge in [0, 0.05) is 49.4 Å². The van der Waals surface area contributed by atoms with E-state index in [0.29, 0.717) is 17.1 Å². The molecule has 2 heterocycles. The number of benzene rings is 3. The van der Waals surface area contributed by atoms with Gasteiger partial charge in [-0.2, -0.15) is 0 Å². The van der Waals surface area contributed by atoms with Crippen LogP contribution in [0.25, 0.3) is 22.5 Å². The van der Waals surface area contributed by atoms with E-state index in [2.05, 4.69) is 46.7 Å². The molecule has 20 heteroatoms. The van der Waals surface area contributed by atoms with Gasteiger partial charge in [0.25, 0.3) is 5.91 Å². The number of hydrogen-bond acceptors (Lipinski definition) is 15. The number of aliphatic hydroxyl groups excluding tert-OH is 2. The standard InChI is InChI=1S/C47H61N9O11/c1-24-34(21-51-41(52-24)27-8-10-29(11-9-27)47(3,4)5)43(61)54-35(13-14-48)45(63)56(6)39-28-17-33(40(59)38(18-28)67-23-31(58)20-50)32-15-26(7-12-37(32)66-22-30(57)19-49)16-36(46(64)65)55-42(60)25(2)53-44(39)62/h7-12,15,17-18,21,25,30-31,35-36,39,57-59H,13-14,16,19-20,22-23,48-50H2,1-6H3,(H,53,62)(H,54,61)(H,55,60)(H,64,65)/t25-,30+,31+,35-,36-,39-/m0/s1. The number of phenols is 1. The summed E-state index contributed by atoms with van der Waals surface area (Å²) >= 11 is 0. The molecule has 1 aliphatic rings. The zero-order chi connectivity index (χ0) is 49.3. The lowest BCUT2D eigenvalue weighted by Gasteiger charge is -2.33. The lowest BCUT2D eigenvalue weighted by molar-refractivity contribution is -0.143. The highest BCUT2D eigenvalue weighted by Gasteiger charge is 2.37. The largest absolute Gasteiger partial charge is 0.504 e. The number of phenolic OH excluding ortho intramolecular Hbond substituents is 1. The number of rotatable bonds is 16. The summed E-state index contributed by atoms with van der Waals surface area (Å²) in [6.07, 6.45) is -1.27. The molecule has 4 aromatic rings. The monoisotopic (exact) mass is 927 g/mol. The van der Waals surface area contributed by atoms with Crippen molar-refractivity contribution in [3.8, 4) is 39.8 Å². The predicted molar refractivity (Wildman–Crippen MR) is 247 cm³/mol. The Morgan fingerprint density at radius 2 is 1.55 bits per heavy atom. The number of fused-ring (bicyclic) bond motifs is 5. The van der Waals surface area contributed by atoms with E-state index in [-0.39, 0.29) is 78.3 Å². The van der Waals surface area contributed by atoms with Crippen molar-refractivity contribution in [2.45, 2.75) is 89.3 Å². The van der Waals surface area contributed by atoms with Crippen LogP contribution in [0.3, 0.4) is 0 Å². The van der Waals surface area contributed by atoms with Crippen molar-refractivity contribution in [1.82, 2.24) is 30.8 Å². The third-order valence-corrected chi connectivity index (χ3v) is 11.2. The summed E-state index contributed by atoms with van der Waals surface area (Å²) in [6, 6.07) is 9.10. The fourth-order valence-electron chi connectivity index (χ4n) is 7.27. The molecule has 1 aliphatic heterocycles. The molecule has 0 radical (unpaired) electrons. The van der Waals surface area contributed by atoms with E-state index in [4.69, 9.17) is 26.7 Å². The molecule has 0 unspecified atom stereocenters. The highest BCUT2D eigenvalue weighted by atomic mass is 16.5. The van der Waals surface area contributed by atoms with E-state index in [1.807, 2.05) is 24.3 Å². The number of carbonyl (C=O) groups is 5. The summed E-state index contributed by atoms with van der Waals surface area (Å²) in [6.45, 7) is 8.12. The first-order chi connectivity index (χ1) is 31.7. The zero-order valence-corrected chi connectivity index (χ0v) is 38.4. The number of aromatic hydroxyl groups is 1. The van der Waals surface area contributed by atoms with Gasteiger partial charge < -0.3 is 68.0 Å². The Labute approximate surface area is 388 Å². The summed E-state index contributed by atoms with van der Waals surface area (Å²) in [5.74, 6) is -4.98. The first-order valence-corrected chi connectivity index (χ1v) is 21.7. The average Bonchev–Trinajstić information content (AvgIpc) is 3.29. The van der Waals surface area contributed by atoms with Crippen molar-refractivity contribution < 1.29 is 53.9 Å². The molecule has 360 valence electrons. The number of aliphatic hydroxyl groups is 2. The summed E-state index contributed by atoms with van der Waals surface area (Å²) in [4.78, 5) is 79.2. The molecule has 13 N–H and O–H groups in total. The Morgan fingerprint density at radius 3 is 2.13 bits per heavy atom. The van der Waals surface area contributed by atoms with Crippen LogP contribution in [0.5, 0.6) is 17.2 Å². The number of likely N-dealkylation sites (N-methyl/N-ethyl adjacent to an activating group) is 1. The second kappa shape index (κ2) is 22.2. The number of carbonyl (C=O) groups excluding carboxylic acids is 4. The topological polar surface area (TPSA) is 328 Å². The number of nitrogens with two attached hydrogens (primary N) is 3. The Balaban J connectivity index is 1.61. The molecule has 3 aromatic carbocycles. The van der Waals surface area contributed by atoms with Crippen molar-refractivity contribution >= 4 is 29.6 Å². The molecular weight excluding hydrogens is 867 g/mol. The van der Waals surface area contributed by atoms with Crippen LogP contribution >= 0.6 is 0 Å². The number of ether oxygens (including phenoxy) is 2. The number of carboxylic acids is 1. The fourth-order valence-corrected chi connectivity index (χ4v) is 7.27. The van der Waals surface area contributed by atoms with Gasteiger partial charge in [-0.3, -0.25) is 19.2 Å². The summed E-state index contributed by atoms with van der Waals surface area (Å²) in [7, 11) is 1.29. The normalized spacial score (nSPS) is 17.7. The molecule has 0 saturated carbocycles. The average molecular weight is 928 g/mol. The number of amides is 4. The number of carboxylic acid groups (broad SMARTS) is 1. The van der Waals surface area contributed by atoms with Crippen LogP contribution < -0.4 is 42.6 Å². The molecule has 5 rings (SSSR count). The third-order valence-electron chi connectivity index (χ3n) is 11.2. The Bertz CT molecular complexity index is 2440. The second-order valence-corrected chi connectivity index (χ2v) is 17.5. The quantitative estimate of drug-likeness (QED) is 0.0743. The molecule has 0 spiro atoms. The first-order valence-electron chi connectivity index (χ1n) is 21.7. The van der Waals surface area contributed by atoms with Crippen LogP contribution in [0.15, 0.2) is 60.8 Å². The van der Waals surface area contributed by atoms with Gasteiger partial charge in [-0.15, -0.1) is 0 Å². The van der Waals surface area contributed by atoms with Gasteiger partial charge in [-0.25, -0.2) is 14.8 Å². The molecule has 4 amide bonds. The van der Waals surface area contributed by atoms with Crippen molar-refractivity contribution in [2.75, 3.05) is 39.9 Å². The smallest absolute Gasteiger partial charge is 0.326 e. The van der Waals surface area contributed by atoms with E-state index in [9.17, 15) is 44.4 Å². The highest BCUT2D eigenvalue weighted by Crippen LogP contribution is 2.45. The van der Waals surface area contributed by atoms with E-state index < -0.39 is 78.3 Å². The van der Waals surface area contributed by atoms with Crippen LogP contribution in [0.2, 0.25) is 0 Å². The Kier molecular flexibility index (Phi) is 17.0. The van der Waals surface area contributed by atoms with E-state index in [0.717, 1.165) is 16.0 Å². The minimum atomic E-state index is -1.65. The molecule has 4 bridgehead atoms. The predicted octanol–water partition coefficient (Wildman–Crippen LogP) is 0.796. The van der Waals surface area contributed by atoms with Crippen LogP contribution in [-0.2, 0) is 31.0 Å². The maximum Gasteiger partial charge on any atom is 0.326 e. The fraction of sp³-hybridized carbons (Fsp3) is 0.426. The van der Waals surface area contributed by atoms with Crippen molar-refractivity contribution in [2.24, 2.45) is 17.2 Å². The van der Waals surface area contributed by atoms with Gasteiger partial charge in [0.1, 0.15) is 55.3 Å². The number of aliphatic carboxylic acids is 1. The van der Waals surface area contributed by atoms with Gasteiger partial charge in [0.05, 0.1) is 11.3 Å². The van der Waals surface area contributed by atoms with E-state index in [1.54, 1.807) is 6.92 Å². The maximum atomic E-state index is 14.7. The van der Waals surface area contributed by atoms with Crippen LogP contribution in [0.1, 0.15) is 72.9 Å². The highest BCUT2D eigenvalue weighted by molar-refractivity contribution is 6.00. The SMILES string of the molecule is Cc1nc(-c2ccc(C(C)(C)C)cc2)ncc1C(=O)N[C@@H](CCN)C(=O)N(C)[C@@H]1C(=O)N[C@@H](C)C(=O)N[C@H](C(=O)O)Cc2ccc(OC[C@H](O)CN)c(c2)-c2cc1cc(OC[C@H](O)CN)c2O.